The maximum absolute atomic E-state index is 12.5. The summed E-state index contributed by atoms with van der Waals surface area (Å²) in [6.45, 7) is 2.67. The molecule has 2 unspecified atom stereocenters. The fourth-order valence-corrected chi connectivity index (χ4v) is 3.13. The Bertz CT molecular complexity index is 461. The molecule has 4 heteroatoms. The molecule has 1 heterocycles. The number of nitrogens with zero attached hydrogens (tertiary/aromatic N) is 2. The molecule has 1 aromatic rings. The van der Waals surface area contributed by atoms with E-state index in [0.29, 0.717) is 24.9 Å². The lowest BCUT2D eigenvalue weighted by Crippen LogP contribution is -2.46. The van der Waals surface area contributed by atoms with Gasteiger partial charge in [0.25, 0.3) is 0 Å². The molecule has 1 amide bonds. The predicted molar refractivity (Wildman–Crippen MR) is 80.2 cm³/mol. The molecule has 1 fully saturated rings. The molecule has 0 spiro atoms. The highest BCUT2D eigenvalue weighted by Gasteiger charge is 2.29. The molecule has 1 aromatic heterocycles. The largest absolute Gasteiger partial charge is 0.342 e. The van der Waals surface area contributed by atoms with E-state index in [0.717, 1.165) is 24.1 Å². The number of pyridine rings is 1. The van der Waals surface area contributed by atoms with Crippen molar-refractivity contribution >= 4 is 5.91 Å². The van der Waals surface area contributed by atoms with Gasteiger partial charge in [-0.1, -0.05) is 18.9 Å². The Balaban J connectivity index is 2.03. The molecule has 2 N–H and O–H groups in total. The highest BCUT2D eigenvalue weighted by Crippen LogP contribution is 2.27. The Morgan fingerprint density at radius 3 is 2.90 bits per heavy atom. The van der Waals surface area contributed by atoms with Crippen molar-refractivity contribution < 1.29 is 4.79 Å². The Hall–Kier alpha value is -1.42. The molecule has 110 valence electrons. The summed E-state index contributed by atoms with van der Waals surface area (Å²) in [5, 5.41) is 0. The summed E-state index contributed by atoms with van der Waals surface area (Å²) < 4.78 is 0. The molecule has 0 aromatic carbocycles. The minimum atomic E-state index is 0.150. The van der Waals surface area contributed by atoms with Crippen LogP contribution < -0.4 is 5.73 Å². The maximum atomic E-state index is 12.5. The number of likely N-dealkylation sites (N-methyl/N-ethyl adjacent to an activating group) is 1. The van der Waals surface area contributed by atoms with E-state index >= 15 is 0 Å². The molecule has 2 atom stereocenters. The summed E-state index contributed by atoms with van der Waals surface area (Å²) in [7, 11) is 1.92. The van der Waals surface area contributed by atoms with Crippen molar-refractivity contribution in [3.05, 3.63) is 29.6 Å². The zero-order valence-electron chi connectivity index (χ0n) is 12.5. The standard InChI is InChI=1S/C16H25N3O/c1-12-6-5-9-18-14(12)10-16(20)19(2)15-8-4-3-7-13(15)11-17/h5-6,9,13,15H,3-4,7-8,10-11,17H2,1-2H3. The van der Waals surface area contributed by atoms with E-state index in [9.17, 15) is 4.79 Å². The Labute approximate surface area is 121 Å². The molecule has 0 bridgehead atoms. The fraction of sp³-hybridized carbons (Fsp3) is 0.625. The summed E-state index contributed by atoms with van der Waals surface area (Å²) in [6, 6.07) is 4.20. The molecule has 1 aliphatic carbocycles. The van der Waals surface area contributed by atoms with E-state index in [1.54, 1.807) is 6.20 Å². The van der Waals surface area contributed by atoms with Gasteiger partial charge >= 0.3 is 0 Å². The van der Waals surface area contributed by atoms with Gasteiger partial charge in [-0.25, -0.2) is 0 Å². The molecule has 0 saturated heterocycles. The molecular formula is C16H25N3O. The normalized spacial score (nSPS) is 22.6. The lowest BCUT2D eigenvalue weighted by Gasteiger charge is -2.37. The molecule has 1 aliphatic rings. The van der Waals surface area contributed by atoms with Crippen LogP contribution in [0, 0.1) is 12.8 Å². The average Bonchev–Trinajstić information content (AvgIpc) is 2.48. The summed E-state index contributed by atoms with van der Waals surface area (Å²) in [5.74, 6) is 0.597. The van der Waals surface area contributed by atoms with Crippen LogP contribution >= 0.6 is 0 Å². The van der Waals surface area contributed by atoms with Crippen molar-refractivity contribution in [3.8, 4) is 0 Å². The summed E-state index contributed by atoms with van der Waals surface area (Å²) in [4.78, 5) is 18.7. The van der Waals surface area contributed by atoms with Gasteiger partial charge in [0.15, 0.2) is 0 Å². The van der Waals surface area contributed by atoms with E-state index in [4.69, 9.17) is 5.73 Å². The van der Waals surface area contributed by atoms with Gasteiger partial charge in [-0.2, -0.15) is 0 Å². The smallest absolute Gasteiger partial charge is 0.228 e. The number of amides is 1. The van der Waals surface area contributed by atoms with Gasteiger partial charge in [0.05, 0.1) is 12.1 Å². The van der Waals surface area contributed by atoms with Gasteiger partial charge in [-0.15, -0.1) is 0 Å². The van der Waals surface area contributed by atoms with E-state index in [1.165, 1.54) is 12.8 Å². The average molecular weight is 275 g/mol. The Morgan fingerprint density at radius 2 is 2.20 bits per heavy atom. The van der Waals surface area contributed by atoms with Crippen LogP contribution in [0.1, 0.15) is 36.9 Å². The number of aryl methyl sites for hydroxylation is 1. The summed E-state index contributed by atoms with van der Waals surface area (Å²) in [6.07, 6.45) is 6.78. The van der Waals surface area contributed by atoms with Crippen LogP contribution in [0.3, 0.4) is 0 Å². The second kappa shape index (κ2) is 6.84. The maximum Gasteiger partial charge on any atom is 0.228 e. The molecular weight excluding hydrogens is 250 g/mol. The number of carbonyl (C=O) groups is 1. The van der Waals surface area contributed by atoms with E-state index in [2.05, 4.69) is 4.98 Å². The second-order valence-corrected chi connectivity index (χ2v) is 5.80. The van der Waals surface area contributed by atoms with Gasteiger partial charge in [-0.3, -0.25) is 9.78 Å². The first-order valence-electron chi connectivity index (χ1n) is 7.49. The first kappa shape index (κ1) is 15.0. The van der Waals surface area contributed by atoms with E-state index in [1.807, 2.05) is 31.0 Å². The van der Waals surface area contributed by atoms with Crippen LogP contribution in [-0.2, 0) is 11.2 Å². The topological polar surface area (TPSA) is 59.2 Å². The minimum absolute atomic E-state index is 0.150. The van der Waals surface area contributed by atoms with Crippen molar-refractivity contribution in [1.29, 1.82) is 0 Å². The Kier molecular flexibility index (Phi) is 5.12. The van der Waals surface area contributed by atoms with Crippen LogP contribution in [-0.4, -0.2) is 35.4 Å². The van der Waals surface area contributed by atoms with Crippen LogP contribution in [0.25, 0.3) is 0 Å². The van der Waals surface area contributed by atoms with E-state index < -0.39 is 0 Å². The minimum Gasteiger partial charge on any atom is -0.342 e. The molecule has 4 nitrogen and oxygen atoms in total. The van der Waals surface area contributed by atoms with Crippen LogP contribution in [0.5, 0.6) is 0 Å². The number of aromatic nitrogens is 1. The highest BCUT2D eigenvalue weighted by molar-refractivity contribution is 5.78. The van der Waals surface area contributed by atoms with Crippen molar-refractivity contribution in [2.75, 3.05) is 13.6 Å². The van der Waals surface area contributed by atoms with Crippen LogP contribution in [0.15, 0.2) is 18.3 Å². The SMILES string of the molecule is Cc1cccnc1CC(=O)N(C)C1CCCCC1CN. The second-order valence-electron chi connectivity index (χ2n) is 5.80. The van der Waals surface area contributed by atoms with Crippen LogP contribution in [0.4, 0.5) is 0 Å². The van der Waals surface area contributed by atoms with Gasteiger partial charge in [0, 0.05) is 19.3 Å². The molecule has 0 radical (unpaired) electrons. The molecule has 1 saturated carbocycles. The molecule has 2 rings (SSSR count). The summed E-state index contributed by atoms with van der Waals surface area (Å²) >= 11 is 0. The molecule has 20 heavy (non-hydrogen) atoms. The molecule has 0 aliphatic heterocycles. The first-order valence-corrected chi connectivity index (χ1v) is 7.49. The van der Waals surface area contributed by atoms with Crippen molar-refractivity contribution in [3.63, 3.8) is 0 Å². The summed E-state index contributed by atoms with van der Waals surface area (Å²) in [5.41, 5.74) is 7.81. The van der Waals surface area contributed by atoms with Gasteiger partial charge in [-0.05, 0) is 43.9 Å². The van der Waals surface area contributed by atoms with Gasteiger partial charge < -0.3 is 10.6 Å². The third kappa shape index (κ3) is 3.37. The van der Waals surface area contributed by atoms with Crippen molar-refractivity contribution in [2.24, 2.45) is 11.7 Å². The van der Waals surface area contributed by atoms with Crippen molar-refractivity contribution in [2.45, 2.75) is 45.1 Å². The Morgan fingerprint density at radius 1 is 1.45 bits per heavy atom. The zero-order chi connectivity index (χ0) is 14.5. The van der Waals surface area contributed by atoms with Gasteiger partial charge in [0.1, 0.15) is 0 Å². The quantitative estimate of drug-likeness (QED) is 0.913. The monoisotopic (exact) mass is 275 g/mol. The number of rotatable bonds is 4. The number of hydrogen-bond acceptors (Lipinski definition) is 3. The lowest BCUT2D eigenvalue weighted by atomic mass is 9.83. The van der Waals surface area contributed by atoms with Crippen LogP contribution in [0.2, 0.25) is 0 Å². The third-order valence-electron chi connectivity index (χ3n) is 4.50. The first-order chi connectivity index (χ1) is 9.63. The van der Waals surface area contributed by atoms with Gasteiger partial charge in [0.2, 0.25) is 5.91 Å². The third-order valence-corrected chi connectivity index (χ3v) is 4.50. The zero-order valence-corrected chi connectivity index (χ0v) is 12.5. The highest BCUT2D eigenvalue weighted by atomic mass is 16.2. The fourth-order valence-electron chi connectivity index (χ4n) is 3.13. The van der Waals surface area contributed by atoms with Crippen molar-refractivity contribution in [1.82, 2.24) is 9.88 Å². The number of hydrogen-bond donors (Lipinski definition) is 1. The number of carbonyl (C=O) groups excluding carboxylic acids is 1. The van der Waals surface area contributed by atoms with E-state index in [-0.39, 0.29) is 5.91 Å². The predicted octanol–water partition coefficient (Wildman–Crippen LogP) is 1.91. The lowest BCUT2D eigenvalue weighted by molar-refractivity contribution is -0.133. The number of nitrogens with two attached hydrogens (primary N) is 1.